The van der Waals surface area contributed by atoms with E-state index in [-0.39, 0.29) is 0 Å². The van der Waals surface area contributed by atoms with Crippen molar-refractivity contribution in [3.8, 4) is 11.4 Å². The highest BCUT2D eigenvalue weighted by Gasteiger charge is 2.12. The number of hydrogen-bond donors (Lipinski definition) is 0. The molecule has 0 fully saturated rings. The van der Waals surface area contributed by atoms with Gasteiger partial charge in [0.05, 0.1) is 6.20 Å². The first kappa shape index (κ1) is 9.85. The number of nitrogens with zero attached hydrogens (tertiary/aromatic N) is 2. The van der Waals surface area contributed by atoms with Crippen molar-refractivity contribution < 1.29 is 4.68 Å². The molecule has 0 aliphatic heterocycles. The summed E-state index contributed by atoms with van der Waals surface area (Å²) in [5, 5.41) is 0. The van der Waals surface area contributed by atoms with Crippen LogP contribution >= 0.6 is 0 Å². The molecule has 0 bridgehead atoms. The third-order valence-electron chi connectivity index (χ3n) is 2.73. The van der Waals surface area contributed by atoms with Crippen molar-refractivity contribution in [2.24, 2.45) is 0 Å². The monoisotopic (exact) mass is 221 g/mol. The van der Waals surface area contributed by atoms with Crippen molar-refractivity contribution in [1.29, 1.82) is 0 Å². The topological polar surface area (TPSA) is 8.81 Å². The van der Waals surface area contributed by atoms with Crippen LogP contribution in [0.4, 0.5) is 0 Å². The smallest absolute Gasteiger partial charge is 0.123 e. The number of aromatic nitrogens is 2. The van der Waals surface area contributed by atoms with Gasteiger partial charge >= 0.3 is 0 Å². The largest absolute Gasteiger partial charge is 0.236 e. The molecule has 0 aliphatic rings. The Morgan fingerprint density at radius 1 is 0.706 bits per heavy atom. The van der Waals surface area contributed by atoms with Gasteiger partial charge in [-0.15, -0.1) is 4.68 Å². The molecule has 2 aromatic carbocycles. The summed E-state index contributed by atoms with van der Waals surface area (Å²) in [7, 11) is 0. The highest BCUT2D eigenvalue weighted by atomic mass is 15.4. The van der Waals surface area contributed by atoms with Crippen molar-refractivity contribution in [3.63, 3.8) is 0 Å². The summed E-state index contributed by atoms with van der Waals surface area (Å²) in [5.74, 6) is 0. The quantitative estimate of drug-likeness (QED) is 0.588. The third-order valence-corrected chi connectivity index (χ3v) is 2.73. The summed E-state index contributed by atoms with van der Waals surface area (Å²) < 4.78 is 4.24. The molecule has 0 spiro atoms. The molecular formula is C15H13N2+. The predicted octanol–water partition coefficient (Wildman–Crippen LogP) is 2.75. The van der Waals surface area contributed by atoms with Gasteiger partial charge in [0.25, 0.3) is 0 Å². The minimum absolute atomic E-state index is 1.15. The molecule has 17 heavy (non-hydrogen) atoms. The summed E-state index contributed by atoms with van der Waals surface area (Å²) >= 11 is 0. The average molecular weight is 221 g/mol. The standard InChI is InChI=1S/C15H13N2/c1-3-8-14(9-4-1)16-12-7-13-17(16)15-10-5-2-6-11-15/h1-13H/q+1. The molecule has 1 heterocycles. The normalized spacial score (nSPS) is 10.4. The van der Waals surface area contributed by atoms with E-state index in [1.54, 1.807) is 0 Å². The van der Waals surface area contributed by atoms with Crippen LogP contribution in [0.15, 0.2) is 79.1 Å². The molecule has 0 aliphatic carbocycles. The molecular weight excluding hydrogens is 208 g/mol. The van der Waals surface area contributed by atoms with Crippen molar-refractivity contribution in [3.05, 3.63) is 79.1 Å². The Balaban J connectivity index is 2.13. The maximum atomic E-state index is 2.12. The van der Waals surface area contributed by atoms with Crippen LogP contribution in [-0.2, 0) is 0 Å². The van der Waals surface area contributed by atoms with Crippen LogP contribution < -0.4 is 4.68 Å². The lowest BCUT2D eigenvalue weighted by Crippen LogP contribution is -2.38. The number of hydrogen-bond acceptors (Lipinski definition) is 0. The number of benzene rings is 2. The van der Waals surface area contributed by atoms with Gasteiger partial charge in [0.1, 0.15) is 5.69 Å². The second-order valence-electron chi connectivity index (χ2n) is 3.85. The molecule has 1 aromatic heterocycles. The van der Waals surface area contributed by atoms with Crippen molar-refractivity contribution >= 4 is 0 Å². The first-order valence-electron chi connectivity index (χ1n) is 5.65. The lowest BCUT2D eigenvalue weighted by atomic mass is 10.3. The summed E-state index contributed by atoms with van der Waals surface area (Å²) in [6.45, 7) is 0. The van der Waals surface area contributed by atoms with Crippen molar-refractivity contribution in [1.82, 2.24) is 4.68 Å². The van der Waals surface area contributed by atoms with Gasteiger partial charge in [-0.25, -0.2) is 0 Å². The Kier molecular flexibility index (Phi) is 2.47. The molecule has 3 rings (SSSR count). The highest BCUT2D eigenvalue weighted by Crippen LogP contribution is 2.06. The molecule has 3 aromatic rings. The summed E-state index contributed by atoms with van der Waals surface area (Å²) in [6, 6.07) is 22.7. The van der Waals surface area contributed by atoms with Crippen LogP contribution in [0, 0.1) is 0 Å². The minimum Gasteiger partial charge on any atom is -0.123 e. The van der Waals surface area contributed by atoms with Crippen LogP contribution in [0.25, 0.3) is 11.4 Å². The maximum Gasteiger partial charge on any atom is 0.236 e. The van der Waals surface area contributed by atoms with Gasteiger partial charge in [0.2, 0.25) is 11.9 Å². The van der Waals surface area contributed by atoms with Gasteiger partial charge in [-0.3, -0.25) is 0 Å². The Hall–Kier alpha value is -2.35. The zero-order valence-electron chi connectivity index (χ0n) is 9.40. The average Bonchev–Trinajstić information content (AvgIpc) is 2.90. The van der Waals surface area contributed by atoms with Gasteiger partial charge in [0, 0.05) is 18.2 Å². The zero-order valence-corrected chi connectivity index (χ0v) is 9.40. The fourth-order valence-corrected chi connectivity index (χ4v) is 1.93. The van der Waals surface area contributed by atoms with Crippen LogP contribution in [0.3, 0.4) is 0 Å². The van der Waals surface area contributed by atoms with E-state index in [2.05, 4.69) is 46.0 Å². The zero-order chi connectivity index (χ0) is 11.5. The van der Waals surface area contributed by atoms with Gasteiger partial charge in [-0.05, 0) is 12.1 Å². The minimum atomic E-state index is 1.15. The number of rotatable bonds is 2. The second kappa shape index (κ2) is 4.26. The SMILES string of the molecule is c1ccc(-n2ccc[n+]2-c2ccccc2)cc1. The van der Waals surface area contributed by atoms with Gasteiger partial charge in [-0.2, -0.15) is 0 Å². The molecule has 0 amide bonds. The van der Waals surface area contributed by atoms with E-state index in [1.165, 1.54) is 0 Å². The Morgan fingerprint density at radius 3 is 2.06 bits per heavy atom. The van der Waals surface area contributed by atoms with Crippen molar-refractivity contribution in [2.45, 2.75) is 0 Å². The van der Waals surface area contributed by atoms with Gasteiger partial charge < -0.3 is 0 Å². The lowest BCUT2D eigenvalue weighted by molar-refractivity contribution is -0.674. The van der Waals surface area contributed by atoms with Crippen LogP contribution in [-0.4, -0.2) is 4.68 Å². The Labute approximate surface area is 100 Å². The fourth-order valence-electron chi connectivity index (χ4n) is 1.93. The van der Waals surface area contributed by atoms with Gasteiger partial charge in [0.15, 0.2) is 0 Å². The van der Waals surface area contributed by atoms with Crippen molar-refractivity contribution in [2.75, 3.05) is 0 Å². The Morgan fingerprint density at radius 2 is 1.35 bits per heavy atom. The Bertz CT molecular complexity index is 543. The maximum absolute atomic E-state index is 2.12. The van der Waals surface area contributed by atoms with E-state index in [0.717, 1.165) is 11.4 Å². The summed E-state index contributed by atoms with van der Waals surface area (Å²) in [5.41, 5.74) is 2.31. The number of para-hydroxylation sites is 2. The molecule has 2 heteroatoms. The van der Waals surface area contributed by atoms with Crippen LogP contribution in [0.2, 0.25) is 0 Å². The molecule has 0 atom stereocenters. The van der Waals surface area contributed by atoms with E-state index >= 15 is 0 Å². The van der Waals surface area contributed by atoms with Crippen LogP contribution in [0.5, 0.6) is 0 Å². The molecule has 2 nitrogen and oxygen atoms in total. The fraction of sp³-hybridized carbons (Fsp3) is 0. The molecule has 82 valence electrons. The molecule has 0 radical (unpaired) electrons. The molecule has 0 N–H and O–H groups in total. The summed E-state index contributed by atoms with van der Waals surface area (Å²) in [4.78, 5) is 0. The highest BCUT2D eigenvalue weighted by molar-refractivity contribution is 5.30. The van der Waals surface area contributed by atoms with Crippen LogP contribution in [0.1, 0.15) is 0 Å². The van der Waals surface area contributed by atoms with E-state index in [4.69, 9.17) is 0 Å². The van der Waals surface area contributed by atoms with E-state index in [9.17, 15) is 0 Å². The van der Waals surface area contributed by atoms with E-state index in [1.807, 2.05) is 42.5 Å². The predicted molar refractivity (Wildman–Crippen MR) is 67.3 cm³/mol. The third kappa shape index (κ3) is 1.85. The first-order chi connectivity index (χ1) is 8.45. The van der Waals surface area contributed by atoms with E-state index < -0.39 is 0 Å². The summed E-state index contributed by atoms with van der Waals surface area (Å²) in [6.07, 6.45) is 4.12. The first-order valence-corrected chi connectivity index (χ1v) is 5.65. The molecule has 0 saturated heterocycles. The van der Waals surface area contributed by atoms with Gasteiger partial charge in [-0.1, -0.05) is 41.1 Å². The lowest BCUT2D eigenvalue weighted by Gasteiger charge is -2.01. The van der Waals surface area contributed by atoms with E-state index in [0.29, 0.717) is 0 Å². The molecule has 0 saturated carbocycles. The molecule has 0 unspecified atom stereocenters. The second-order valence-corrected chi connectivity index (χ2v) is 3.85.